The first-order chi connectivity index (χ1) is 12.1. The Kier molecular flexibility index (Phi) is 5.83. The monoisotopic (exact) mass is 389 g/mol. The molecule has 26 heavy (non-hydrogen) atoms. The fraction of sp³-hybridized carbons (Fsp3) is 0.733. The van der Waals surface area contributed by atoms with Crippen molar-refractivity contribution >= 4 is 35.5 Å². The second-order valence-electron chi connectivity index (χ2n) is 6.79. The molecule has 4 atom stereocenters. The molecule has 0 aliphatic carbocycles. The quantitative estimate of drug-likeness (QED) is 0.303. The molecule has 2 fully saturated rings. The van der Waals surface area contributed by atoms with E-state index in [9.17, 15) is 24.3 Å². The fourth-order valence-corrected chi connectivity index (χ4v) is 4.57. The molecule has 2 saturated heterocycles. The minimum atomic E-state index is -1.52. The van der Waals surface area contributed by atoms with Gasteiger partial charge in [0.25, 0.3) is 11.6 Å². The van der Waals surface area contributed by atoms with Crippen LogP contribution in [0.5, 0.6) is 0 Å². The SMILES string of the molecule is COC1(NC(=O)CCCC(N)C(=O)O)C(=O)N2CC(C)(C(=O)O)CS[C@@H]21. The predicted molar refractivity (Wildman–Crippen MR) is 91.0 cm³/mol. The topological polar surface area (TPSA) is 159 Å². The Labute approximate surface area is 154 Å². The molecule has 11 heteroatoms. The zero-order valence-electron chi connectivity index (χ0n) is 14.6. The van der Waals surface area contributed by atoms with Crippen LogP contribution >= 0.6 is 11.8 Å². The molecule has 146 valence electrons. The van der Waals surface area contributed by atoms with Crippen LogP contribution in [0.3, 0.4) is 0 Å². The third-order valence-corrected chi connectivity index (χ3v) is 6.39. The van der Waals surface area contributed by atoms with E-state index in [1.165, 1.54) is 23.8 Å². The maximum Gasteiger partial charge on any atom is 0.320 e. The normalized spacial score (nSPS) is 31.6. The molecule has 0 spiro atoms. The number of hydrogen-bond donors (Lipinski definition) is 4. The van der Waals surface area contributed by atoms with Crippen molar-refractivity contribution in [3.63, 3.8) is 0 Å². The van der Waals surface area contributed by atoms with Crippen molar-refractivity contribution in [1.82, 2.24) is 10.2 Å². The van der Waals surface area contributed by atoms with E-state index in [1.807, 2.05) is 0 Å². The van der Waals surface area contributed by atoms with Crippen molar-refractivity contribution in [3.8, 4) is 0 Å². The summed E-state index contributed by atoms with van der Waals surface area (Å²) in [5.41, 5.74) is 2.82. The number of hydrogen-bond acceptors (Lipinski definition) is 7. The number of carbonyl (C=O) groups excluding carboxylic acids is 2. The molecule has 2 amide bonds. The highest BCUT2D eigenvalue weighted by molar-refractivity contribution is 8.00. The number of amides is 2. The molecule has 0 aromatic rings. The molecule has 2 heterocycles. The standard InChI is InChI=1S/C15H23N3O7S/c1-14(13(23)24)6-18-11(22)15(25-2,12(18)26-7-14)17-9(19)5-3-4-8(16)10(20)21/h8,12H,3-7,16H2,1-2H3,(H,17,19)(H,20,21)(H,23,24)/t8?,12-,14?,15?/m1/s1. The van der Waals surface area contributed by atoms with Crippen molar-refractivity contribution in [2.24, 2.45) is 11.1 Å². The lowest BCUT2D eigenvalue weighted by atomic mass is 9.88. The van der Waals surface area contributed by atoms with Crippen LogP contribution < -0.4 is 11.1 Å². The highest BCUT2D eigenvalue weighted by Gasteiger charge is 2.66. The van der Waals surface area contributed by atoms with Gasteiger partial charge in [0.05, 0.1) is 5.41 Å². The van der Waals surface area contributed by atoms with E-state index in [0.717, 1.165) is 0 Å². The van der Waals surface area contributed by atoms with Crippen molar-refractivity contribution < 1.29 is 34.1 Å². The fourth-order valence-electron chi connectivity index (χ4n) is 2.98. The lowest BCUT2D eigenvalue weighted by molar-refractivity contribution is -0.200. The van der Waals surface area contributed by atoms with Gasteiger partial charge in [0.1, 0.15) is 11.4 Å². The number of carboxylic acid groups (broad SMARTS) is 2. The minimum absolute atomic E-state index is 0.00357. The molecule has 5 N–H and O–H groups in total. The van der Waals surface area contributed by atoms with E-state index in [-0.39, 0.29) is 31.6 Å². The summed E-state index contributed by atoms with van der Waals surface area (Å²) in [7, 11) is 1.31. The Hall–Kier alpha value is -1.85. The maximum atomic E-state index is 12.5. The number of carbonyl (C=O) groups is 4. The molecular formula is C15H23N3O7S. The Morgan fingerprint density at radius 3 is 2.65 bits per heavy atom. The summed E-state index contributed by atoms with van der Waals surface area (Å²) in [6, 6.07) is -1.04. The molecule has 0 radical (unpaired) electrons. The molecule has 2 aliphatic rings. The van der Waals surface area contributed by atoms with Crippen LogP contribution in [0.25, 0.3) is 0 Å². The Bertz CT molecular complexity index is 630. The average molecular weight is 389 g/mol. The summed E-state index contributed by atoms with van der Waals surface area (Å²) in [6.07, 6.45) is 0.396. The van der Waals surface area contributed by atoms with Gasteiger partial charge in [-0.05, 0) is 19.8 Å². The summed E-state index contributed by atoms with van der Waals surface area (Å²) in [6.45, 7) is 1.62. The lowest BCUT2D eigenvalue weighted by Gasteiger charge is -2.58. The first-order valence-corrected chi connectivity index (χ1v) is 9.13. The van der Waals surface area contributed by atoms with E-state index in [1.54, 1.807) is 6.92 Å². The summed E-state index contributed by atoms with van der Waals surface area (Å²) in [5.74, 6) is -2.77. The number of aliphatic carboxylic acids is 2. The number of ether oxygens (including phenoxy) is 1. The van der Waals surface area contributed by atoms with E-state index >= 15 is 0 Å². The Morgan fingerprint density at radius 2 is 2.12 bits per heavy atom. The lowest BCUT2D eigenvalue weighted by Crippen LogP contribution is -2.82. The average Bonchev–Trinajstić information content (AvgIpc) is 2.59. The van der Waals surface area contributed by atoms with Crippen LogP contribution in [0.2, 0.25) is 0 Å². The summed E-state index contributed by atoms with van der Waals surface area (Å²) in [5, 5.41) is 20.1. The molecule has 0 aromatic heterocycles. The van der Waals surface area contributed by atoms with Crippen molar-refractivity contribution in [2.45, 2.75) is 43.3 Å². The smallest absolute Gasteiger partial charge is 0.320 e. The number of fused-ring (bicyclic) bond motifs is 1. The van der Waals surface area contributed by atoms with Gasteiger partial charge in [-0.3, -0.25) is 19.2 Å². The largest absolute Gasteiger partial charge is 0.481 e. The van der Waals surface area contributed by atoms with Gasteiger partial charge >= 0.3 is 11.9 Å². The summed E-state index contributed by atoms with van der Waals surface area (Å²) in [4.78, 5) is 48.2. The van der Waals surface area contributed by atoms with Crippen LogP contribution in [0, 0.1) is 5.41 Å². The molecule has 10 nitrogen and oxygen atoms in total. The summed E-state index contributed by atoms with van der Waals surface area (Å²) >= 11 is 1.24. The van der Waals surface area contributed by atoms with Crippen molar-refractivity contribution in [2.75, 3.05) is 19.4 Å². The second-order valence-corrected chi connectivity index (χ2v) is 7.86. The van der Waals surface area contributed by atoms with E-state index in [4.69, 9.17) is 15.6 Å². The number of carboxylic acids is 2. The maximum absolute atomic E-state index is 12.5. The highest BCUT2D eigenvalue weighted by atomic mass is 32.2. The van der Waals surface area contributed by atoms with E-state index in [2.05, 4.69) is 5.32 Å². The van der Waals surface area contributed by atoms with Gasteiger partial charge in [-0.2, -0.15) is 0 Å². The van der Waals surface area contributed by atoms with E-state index in [0.29, 0.717) is 0 Å². The van der Waals surface area contributed by atoms with Crippen molar-refractivity contribution in [3.05, 3.63) is 0 Å². The molecule has 0 saturated carbocycles. The van der Waals surface area contributed by atoms with Crippen LogP contribution in [-0.4, -0.2) is 75.4 Å². The van der Waals surface area contributed by atoms with Gasteiger partial charge in [-0.25, -0.2) is 0 Å². The zero-order valence-corrected chi connectivity index (χ0v) is 15.4. The molecule has 2 rings (SSSR count). The van der Waals surface area contributed by atoms with Crippen LogP contribution in [0.15, 0.2) is 0 Å². The molecule has 0 bridgehead atoms. The molecule has 2 aliphatic heterocycles. The van der Waals surface area contributed by atoms with Gasteiger partial charge in [0.15, 0.2) is 0 Å². The number of nitrogens with zero attached hydrogens (tertiary/aromatic N) is 1. The molecular weight excluding hydrogens is 366 g/mol. The Morgan fingerprint density at radius 1 is 1.46 bits per heavy atom. The summed E-state index contributed by atoms with van der Waals surface area (Å²) < 4.78 is 5.31. The zero-order chi connectivity index (χ0) is 19.7. The number of nitrogens with one attached hydrogen (secondary N) is 1. The van der Waals surface area contributed by atoms with Gasteiger partial charge in [0.2, 0.25) is 5.91 Å². The third kappa shape index (κ3) is 3.51. The Balaban J connectivity index is 1.96. The van der Waals surface area contributed by atoms with Crippen LogP contribution in [-0.2, 0) is 23.9 Å². The number of thioether (sulfide) groups is 1. The number of rotatable bonds is 8. The van der Waals surface area contributed by atoms with Gasteiger partial charge in [-0.15, -0.1) is 11.8 Å². The predicted octanol–water partition coefficient (Wildman–Crippen LogP) is -0.966. The van der Waals surface area contributed by atoms with Gasteiger partial charge in [-0.1, -0.05) is 0 Å². The number of β-lactam (4-membered cyclic amide) rings is 1. The number of nitrogens with two attached hydrogens (primary N) is 1. The third-order valence-electron chi connectivity index (χ3n) is 4.69. The number of methoxy groups -OCH3 is 1. The van der Waals surface area contributed by atoms with Crippen LogP contribution in [0.1, 0.15) is 26.2 Å². The second kappa shape index (κ2) is 7.41. The molecule has 0 aromatic carbocycles. The first kappa shape index (κ1) is 20.5. The van der Waals surface area contributed by atoms with Crippen LogP contribution in [0.4, 0.5) is 0 Å². The highest BCUT2D eigenvalue weighted by Crippen LogP contribution is 2.47. The van der Waals surface area contributed by atoms with Gasteiger partial charge in [0, 0.05) is 25.8 Å². The van der Waals surface area contributed by atoms with Crippen molar-refractivity contribution in [1.29, 1.82) is 0 Å². The minimum Gasteiger partial charge on any atom is -0.481 e. The van der Waals surface area contributed by atoms with E-state index < -0.39 is 46.3 Å². The first-order valence-electron chi connectivity index (χ1n) is 8.08. The van der Waals surface area contributed by atoms with Gasteiger partial charge < -0.3 is 30.9 Å². The molecule has 3 unspecified atom stereocenters.